The summed E-state index contributed by atoms with van der Waals surface area (Å²) in [5.74, 6) is -0.260. The Morgan fingerprint density at radius 3 is 2.78 bits per heavy atom. The molecular weight excluding hydrogens is 316 g/mol. The lowest BCUT2D eigenvalue weighted by atomic mass is 10.1. The molecule has 0 radical (unpaired) electrons. The lowest BCUT2D eigenvalue weighted by Gasteiger charge is -2.13. The number of nitrogens with one attached hydrogen (secondary N) is 1. The van der Waals surface area contributed by atoms with Gasteiger partial charge in [0.1, 0.15) is 0 Å². The first kappa shape index (κ1) is 17.5. The van der Waals surface area contributed by atoms with E-state index in [0.29, 0.717) is 19.4 Å². The van der Waals surface area contributed by atoms with E-state index >= 15 is 0 Å². The number of hydrogen-bond acceptors (Lipinski definition) is 4. The standard InChI is InChI=1S/C16H20N4O2.ClH/c17-13-8-12(9-15(13)21)16(22)18-10-11-4-1-2-5-14(11)20-7-3-6-19-20;/h1-7,12-13,15,21H,8-10,17H2,(H,18,22);1H/t12-,13-,15-;/m0./s1. The van der Waals surface area contributed by atoms with E-state index < -0.39 is 6.10 Å². The first-order chi connectivity index (χ1) is 10.6. The second-order valence-electron chi connectivity index (χ2n) is 5.70. The molecule has 1 aliphatic carbocycles. The number of para-hydroxylation sites is 1. The van der Waals surface area contributed by atoms with Gasteiger partial charge in [-0.1, -0.05) is 18.2 Å². The van der Waals surface area contributed by atoms with Crippen LogP contribution < -0.4 is 11.1 Å². The van der Waals surface area contributed by atoms with Gasteiger partial charge in [-0.15, -0.1) is 12.4 Å². The fraction of sp³-hybridized carbons (Fsp3) is 0.375. The van der Waals surface area contributed by atoms with E-state index in [-0.39, 0.29) is 30.3 Å². The van der Waals surface area contributed by atoms with Crippen LogP contribution in [0.4, 0.5) is 0 Å². The lowest BCUT2D eigenvalue weighted by Crippen LogP contribution is -2.30. The molecule has 0 aliphatic heterocycles. The van der Waals surface area contributed by atoms with Crippen molar-refractivity contribution in [2.24, 2.45) is 11.7 Å². The number of amides is 1. The van der Waals surface area contributed by atoms with Crippen LogP contribution in [0.2, 0.25) is 0 Å². The summed E-state index contributed by atoms with van der Waals surface area (Å²) >= 11 is 0. The molecule has 7 heteroatoms. The van der Waals surface area contributed by atoms with Crippen LogP contribution in [-0.2, 0) is 11.3 Å². The molecule has 3 rings (SSSR count). The fourth-order valence-corrected chi connectivity index (χ4v) is 2.88. The average Bonchev–Trinajstić information content (AvgIpc) is 3.16. The number of aliphatic hydroxyl groups is 1. The van der Waals surface area contributed by atoms with Gasteiger partial charge in [-0.3, -0.25) is 4.79 Å². The summed E-state index contributed by atoms with van der Waals surface area (Å²) in [5, 5.41) is 16.8. The number of nitrogens with zero attached hydrogens (tertiary/aromatic N) is 2. The number of carbonyl (C=O) groups excluding carboxylic acids is 1. The highest BCUT2D eigenvalue weighted by atomic mass is 35.5. The minimum absolute atomic E-state index is 0. The van der Waals surface area contributed by atoms with Crippen LogP contribution in [-0.4, -0.2) is 32.9 Å². The molecule has 0 unspecified atom stereocenters. The lowest BCUT2D eigenvalue weighted by molar-refractivity contribution is -0.125. The zero-order chi connectivity index (χ0) is 15.5. The van der Waals surface area contributed by atoms with Crippen molar-refractivity contribution in [2.45, 2.75) is 31.5 Å². The van der Waals surface area contributed by atoms with Gasteiger partial charge in [0, 0.05) is 30.9 Å². The van der Waals surface area contributed by atoms with Gasteiger partial charge in [-0.2, -0.15) is 5.10 Å². The van der Waals surface area contributed by atoms with E-state index in [9.17, 15) is 9.90 Å². The van der Waals surface area contributed by atoms with Gasteiger partial charge >= 0.3 is 0 Å². The van der Waals surface area contributed by atoms with Gasteiger partial charge < -0.3 is 16.2 Å². The second-order valence-corrected chi connectivity index (χ2v) is 5.70. The van der Waals surface area contributed by atoms with Gasteiger partial charge in [0.2, 0.25) is 5.91 Å². The average molecular weight is 337 g/mol. The highest BCUT2D eigenvalue weighted by Gasteiger charge is 2.34. The number of aromatic nitrogens is 2. The highest BCUT2D eigenvalue weighted by Crippen LogP contribution is 2.25. The molecule has 0 saturated heterocycles. The van der Waals surface area contributed by atoms with E-state index in [1.165, 1.54) is 0 Å². The number of hydrogen-bond donors (Lipinski definition) is 3. The smallest absolute Gasteiger partial charge is 0.223 e. The van der Waals surface area contributed by atoms with Gasteiger partial charge in [0.25, 0.3) is 0 Å². The molecule has 4 N–H and O–H groups in total. The van der Waals surface area contributed by atoms with E-state index in [1.807, 2.05) is 36.5 Å². The van der Waals surface area contributed by atoms with Gasteiger partial charge in [0.05, 0.1) is 11.8 Å². The molecule has 0 spiro atoms. The maximum atomic E-state index is 12.2. The molecule has 1 fully saturated rings. The van der Waals surface area contributed by atoms with Crippen molar-refractivity contribution in [3.8, 4) is 5.69 Å². The molecule has 1 saturated carbocycles. The first-order valence-corrected chi connectivity index (χ1v) is 7.44. The van der Waals surface area contributed by atoms with Crippen LogP contribution in [0, 0.1) is 5.92 Å². The summed E-state index contributed by atoms with van der Waals surface area (Å²) in [5.41, 5.74) is 7.69. The number of benzene rings is 1. The third kappa shape index (κ3) is 3.90. The van der Waals surface area contributed by atoms with Crippen molar-refractivity contribution >= 4 is 18.3 Å². The Labute approximate surface area is 141 Å². The molecule has 124 valence electrons. The topological polar surface area (TPSA) is 93.2 Å². The molecule has 2 aromatic rings. The fourth-order valence-electron chi connectivity index (χ4n) is 2.88. The Morgan fingerprint density at radius 2 is 2.13 bits per heavy atom. The van der Waals surface area contributed by atoms with Crippen molar-refractivity contribution < 1.29 is 9.90 Å². The number of carbonyl (C=O) groups is 1. The monoisotopic (exact) mass is 336 g/mol. The molecule has 1 aliphatic rings. The maximum absolute atomic E-state index is 12.2. The van der Waals surface area contributed by atoms with E-state index in [1.54, 1.807) is 10.9 Å². The molecule has 1 aromatic heterocycles. The van der Waals surface area contributed by atoms with Crippen molar-refractivity contribution in [1.82, 2.24) is 15.1 Å². The van der Waals surface area contributed by atoms with Crippen LogP contribution in [0.25, 0.3) is 5.69 Å². The summed E-state index contributed by atoms with van der Waals surface area (Å²) in [7, 11) is 0. The molecule has 1 heterocycles. The minimum atomic E-state index is -0.577. The Balaban J connectivity index is 0.00000192. The quantitative estimate of drug-likeness (QED) is 0.776. The molecule has 1 aromatic carbocycles. The van der Waals surface area contributed by atoms with Crippen LogP contribution in [0.1, 0.15) is 18.4 Å². The van der Waals surface area contributed by atoms with Crippen molar-refractivity contribution in [2.75, 3.05) is 0 Å². The SMILES string of the molecule is Cl.N[C@H]1C[C@H](C(=O)NCc2ccccc2-n2cccn2)C[C@@H]1O. The van der Waals surface area contributed by atoms with Crippen LogP contribution >= 0.6 is 12.4 Å². The predicted molar refractivity (Wildman–Crippen MR) is 89.4 cm³/mol. The summed E-state index contributed by atoms with van der Waals surface area (Å²) in [4.78, 5) is 12.2. The number of aliphatic hydroxyl groups excluding tert-OH is 1. The van der Waals surface area contributed by atoms with Gasteiger partial charge in [-0.05, 0) is 30.5 Å². The third-order valence-corrected chi connectivity index (χ3v) is 4.14. The largest absolute Gasteiger partial charge is 0.391 e. The summed E-state index contributed by atoms with van der Waals surface area (Å²) in [6.45, 7) is 0.427. The number of halogens is 1. The van der Waals surface area contributed by atoms with E-state index in [0.717, 1.165) is 11.3 Å². The number of nitrogens with two attached hydrogens (primary N) is 1. The zero-order valence-electron chi connectivity index (χ0n) is 12.6. The first-order valence-electron chi connectivity index (χ1n) is 7.44. The summed E-state index contributed by atoms with van der Waals surface area (Å²) < 4.78 is 1.77. The zero-order valence-corrected chi connectivity index (χ0v) is 13.4. The molecule has 3 atom stereocenters. The Morgan fingerprint density at radius 1 is 1.35 bits per heavy atom. The molecule has 23 heavy (non-hydrogen) atoms. The molecule has 6 nitrogen and oxygen atoms in total. The van der Waals surface area contributed by atoms with Crippen molar-refractivity contribution in [1.29, 1.82) is 0 Å². The van der Waals surface area contributed by atoms with Crippen molar-refractivity contribution in [3.05, 3.63) is 48.3 Å². The Hall–Kier alpha value is -1.89. The van der Waals surface area contributed by atoms with Crippen LogP contribution in [0.5, 0.6) is 0 Å². The van der Waals surface area contributed by atoms with Gasteiger partial charge in [0.15, 0.2) is 0 Å². The molecular formula is C16H21ClN4O2. The van der Waals surface area contributed by atoms with E-state index in [2.05, 4.69) is 10.4 Å². The number of rotatable bonds is 4. The summed E-state index contributed by atoms with van der Waals surface area (Å²) in [6.07, 6.45) is 3.98. The predicted octanol–water partition coefficient (Wildman–Crippen LogP) is 1.01. The second kappa shape index (κ2) is 7.59. The van der Waals surface area contributed by atoms with Crippen LogP contribution in [0.3, 0.4) is 0 Å². The van der Waals surface area contributed by atoms with Crippen molar-refractivity contribution in [3.63, 3.8) is 0 Å². The molecule has 1 amide bonds. The van der Waals surface area contributed by atoms with Crippen LogP contribution in [0.15, 0.2) is 42.7 Å². The normalized spacial score (nSPS) is 23.3. The minimum Gasteiger partial charge on any atom is -0.391 e. The third-order valence-electron chi connectivity index (χ3n) is 4.14. The highest BCUT2D eigenvalue weighted by molar-refractivity contribution is 5.85. The Kier molecular flexibility index (Phi) is 5.76. The van der Waals surface area contributed by atoms with Gasteiger partial charge in [-0.25, -0.2) is 4.68 Å². The molecule has 0 bridgehead atoms. The maximum Gasteiger partial charge on any atom is 0.223 e. The summed E-state index contributed by atoms with van der Waals surface area (Å²) in [6, 6.07) is 9.36. The Bertz CT molecular complexity index is 637. The van der Waals surface area contributed by atoms with E-state index in [4.69, 9.17) is 5.73 Å².